The highest BCUT2D eigenvalue weighted by atomic mass is 16.6. The molecule has 0 amide bonds. The van der Waals surface area contributed by atoms with Crippen LogP contribution in [0.3, 0.4) is 0 Å². The topological polar surface area (TPSA) is 18.5 Å². The first-order valence-electron chi connectivity index (χ1n) is 11.8. The van der Waals surface area contributed by atoms with Crippen molar-refractivity contribution in [3.05, 3.63) is 71.8 Å². The zero-order valence-corrected chi connectivity index (χ0v) is 22.7. The second-order valence-corrected chi connectivity index (χ2v) is 7.90. The van der Waals surface area contributed by atoms with Crippen molar-refractivity contribution in [3.63, 3.8) is 0 Å². The predicted molar refractivity (Wildman–Crippen MR) is 141 cm³/mol. The SMILES string of the molecule is CC.CC.CCC(C)(C)c1ccccc1.CCC(C)(C)c1ccccc1.COCOC. The van der Waals surface area contributed by atoms with Crippen LogP contribution in [0.25, 0.3) is 0 Å². The smallest absolute Gasteiger partial charge is 0.145 e. The molecule has 0 bridgehead atoms. The highest BCUT2D eigenvalue weighted by molar-refractivity contribution is 5.23. The fourth-order valence-corrected chi connectivity index (χ4v) is 2.30. The van der Waals surface area contributed by atoms with Gasteiger partial charge in [0.2, 0.25) is 0 Å². The second kappa shape index (κ2) is 21.6. The summed E-state index contributed by atoms with van der Waals surface area (Å²) in [4.78, 5) is 0. The fourth-order valence-electron chi connectivity index (χ4n) is 2.30. The molecule has 31 heavy (non-hydrogen) atoms. The molecule has 2 rings (SSSR count). The Hall–Kier alpha value is -1.64. The quantitative estimate of drug-likeness (QED) is 0.424. The Balaban J connectivity index is -0.000000370. The van der Waals surface area contributed by atoms with E-state index in [0.29, 0.717) is 17.6 Å². The molecule has 0 radical (unpaired) electrons. The molecule has 0 aliphatic heterocycles. The maximum atomic E-state index is 4.47. The van der Waals surface area contributed by atoms with Crippen molar-refractivity contribution < 1.29 is 9.47 Å². The summed E-state index contributed by atoms with van der Waals surface area (Å²) in [6.07, 6.45) is 2.38. The van der Waals surface area contributed by atoms with Gasteiger partial charge in [-0.3, -0.25) is 0 Å². The average Bonchev–Trinajstić information content (AvgIpc) is 2.84. The summed E-state index contributed by atoms with van der Waals surface area (Å²) in [7, 11) is 3.17. The van der Waals surface area contributed by atoms with Gasteiger partial charge < -0.3 is 9.47 Å². The van der Waals surface area contributed by atoms with Gasteiger partial charge in [-0.25, -0.2) is 0 Å². The summed E-state index contributed by atoms with van der Waals surface area (Å²) in [6.45, 7) is 22.0. The van der Waals surface area contributed by atoms with Crippen molar-refractivity contribution in [2.75, 3.05) is 21.0 Å². The molecule has 0 fully saturated rings. The van der Waals surface area contributed by atoms with Gasteiger partial charge >= 0.3 is 0 Å². The van der Waals surface area contributed by atoms with Gasteiger partial charge in [-0.05, 0) is 34.8 Å². The first-order valence-corrected chi connectivity index (χ1v) is 11.8. The van der Waals surface area contributed by atoms with Crippen LogP contribution in [0.2, 0.25) is 0 Å². The molecular formula is C29H52O2. The van der Waals surface area contributed by atoms with E-state index >= 15 is 0 Å². The van der Waals surface area contributed by atoms with E-state index < -0.39 is 0 Å². The largest absolute Gasteiger partial charge is 0.359 e. The lowest BCUT2D eigenvalue weighted by atomic mass is 9.82. The highest BCUT2D eigenvalue weighted by Gasteiger charge is 2.17. The normalized spacial score (nSPS) is 9.94. The highest BCUT2D eigenvalue weighted by Crippen LogP contribution is 2.26. The van der Waals surface area contributed by atoms with E-state index in [1.807, 2.05) is 27.7 Å². The minimum Gasteiger partial charge on any atom is -0.359 e. The zero-order chi connectivity index (χ0) is 24.8. The third-order valence-electron chi connectivity index (χ3n) is 5.11. The summed E-state index contributed by atoms with van der Waals surface area (Å²) in [5.41, 5.74) is 3.53. The Morgan fingerprint density at radius 2 is 0.806 bits per heavy atom. The Kier molecular flexibility index (Phi) is 23.7. The summed E-state index contributed by atoms with van der Waals surface area (Å²) in [6, 6.07) is 21.3. The van der Waals surface area contributed by atoms with Crippen molar-refractivity contribution in [2.24, 2.45) is 0 Å². The molecule has 2 heteroatoms. The minimum absolute atomic E-state index is 0.335. The van der Waals surface area contributed by atoms with E-state index in [-0.39, 0.29) is 0 Å². The Morgan fingerprint density at radius 1 is 0.548 bits per heavy atom. The van der Waals surface area contributed by atoms with E-state index in [1.54, 1.807) is 14.2 Å². The van der Waals surface area contributed by atoms with Gasteiger partial charge in [-0.1, -0.05) is 130 Å². The molecule has 0 heterocycles. The minimum atomic E-state index is 0.335. The van der Waals surface area contributed by atoms with Crippen LogP contribution in [0, 0.1) is 0 Å². The van der Waals surface area contributed by atoms with Gasteiger partial charge in [-0.15, -0.1) is 0 Å². The van der Waals surface area contributed by atoms with E-state index in [4.69, 9.17) is 0 Å². The van der Waals surface area contributed by atoms with Crippen molar-refractivity contribution in [1.29, 1.82) is 0 Å². The summed E-state index contributed by atoms with van der Waals surface area (Å²) < 4.78 is 8.94. The van der Waals surface area contributed by atoms with Crippen molar-refractivity contribution in [2.45, 2.75) is 92.9 Å². The molecule has 0 N–H and O–H groups in total. The Morgan fingerprint density at radius 3 is 0.968 bits per heavy atom. The molecule has 0 unspecified atom stereocenters. The third kappa shape index (κ3) is 16.7. The van der Waals surface area contributed by atoms with E-state index in [2.05, 4.69) is 112 Å². The molecule has 2 aromatic rings. The third-order valence-corrected chi connectivity index (χ3v) is 5.11. The van der Waals surface area contributed by atoms with Gasteiger partial charge in [0.25, 0.3) is 0 Å². The van der Waals surface area contributed by atoms with E-state index in [1.165, 1.54) is 24.0 Å². The Labute approximate surface area is 195 Å². The molecule has 0 spiro atoms. The lowest BCUT2D eigenvalue weighted by Crippen LogP contribution is -2.14. The molecule has 0 aliphatic rings. The first kappa shape index (κ1) is 34.0. The van der Waals surface area contributed by atoms with Crippen LogP contribution >= 0.6 is 0 Å². The summed E-state index contributed by atoms with van der Waals surface area (Å²) >= 11 is 0. The van der Waals surface area contributed by atoms with E-state index in [9.17, 15) is 0 Å². The molecular weight excluding hydrogens is 380 g/mol. The molecule has 180 valence electrons. The lowest BCUT2D eigenvalue weighted by molar-refractivity contribution is -0.00272. The van der Waals surface area contributed by atoms with E-state index in [0.717, 1.165) is 0 Å². The number of hydrogen-bond donors (Lipinski definition) is 0. The number of hydrogen-bond acceptors (Lipinski definition) is 2. The molecule has 2 nitrogen and oxygen atoms in total. The monoisotopic (exact) mass is 432 g/mol. The number of methoxy groups -OCH3 is 2. The zero-order valence-electron chi connectivity index (χ0n) is 22.7. The molecule has 0 atom stereocenters. The standard InChI is InChI=1S/2C11H16.C3H8O2.2C2H6/c2*1-4-11(2,3)10-8-6-5-7-9-10;1-4-3-5-2;2*1-2/h2*5-9H,4H2,1-3H3;3H2,1-2H3;2*1-2H3. The van der Waals surface area contributed by atoms with Crippen molar-refractivity contribution >= 4 is 0 Å². The van der Waals surface area contributed by atoms with Gasteiger partial charge in [0, 0.05) is 14.2 Å². The van der Waals surface area contributed by atoms with Gasteiger partial charge in [0.1, 0.15) is 6.79 Å². The summed E-state index contributed by atoms with van der Waals surface area (Å²) in [5.74, 6) is 0. The molecule has 0 saturated carbocycles. The van der Waals surface area contributed by atoms with Crippen molar-refractivity contribution in [3.8, 4) is 0 Å². The van der Waals surface area contributed by atoms with Crippen LogP contribution in [-0.2, 0) is 20.3 Å². The molecule has 2 aromatic carbocycles. The van der Waals surface area contributed by atoms with Crippen LogP contribution < -0.4 is 0 Å². The maximum Gasteiger partial charge on any atom is 0.145 e. The number of ether oxygens (including phenoxy) is 2. The second-order valence-electron chi connectivity index (χ2n) is 7.90. The van der Waals surface area contributed by atoms with Crippen LogP contribution in [-0.4, -0.2) is 21.0 Å². The van der Waals surface area contributed by atoms with Crippen LogP contribution in [0.1, 0.15) is 93.2 Å². The number of rotatable bonds is 6. The number of benzene rings is 2. The van der Waals surface area contributed by atoms with Gasteiger partial charge in [0.15, 0.2) is 0 Å². The molecule has 0 aromatic heterocycles. The van der Waals surface area contributed by atoms with Crippen LogP contribution in [0.4, 0.5) is 0 Å². The molecule has 0 aliphatic carbocycles. The molecule has 0 saturated heterocycles. The van der Waals surface area contributed by atoms with Crippen LogP contribution in [0.15, 0.2) is 60.7 Å². The van der Waals surface area contributed by atoms with Crippen molar-refractivity contribution in [1.82, 2.24) is 0 Å². The lowest BCUT2D eigenvalue weighted by Gasteiger charge is -2.22. The Bertz CT molecular complexity index is 521. The van der Waals surface area contributed by atoms with Gasteiger partial charge in [0.05, 0.1) is 0 Å². The first-order chi connectivity index (χ1) is 14.7. The summed E-state index contributed by atoms with van der Waals surface area (Å²) in [5, 5.41) is 0. The maximum absolute atomic E-state index is 4.47. The fraction of sp³-hybridized carbons (Fsp3) is 0.586. The van der Waals surface area contributed by atoms with Gasteiger partial charge in [-0.2, -0.15) is 0 Å². The average molecular weight is 433 g/mol. The van der Waals surface area contributed by atoms with Crippen LogP contribution in [0.5, 0.6) is 0 Å². The predicted octanol–water partition coefficient (Wildman–Crippen LogP) is 9.04.